The lowest BCUT2D eigenvalue weighted by Crippen LogP contribution is -2.34. The molecule has 0 aliphatic rings. The lowest BCUT2D eigenvalue weighted by molar-refractivity contribution is 0.704. The smallest absolute Gasteiger partial charge is 0.189 e. The van der Waals surface area contributed by atoms with Crippen molar-refractivity contribution in [2.24, 2.45) is 17.8 Å². The third kappa shape index (κ3) is 4.29. The van der Waals surface area contributed by atoms with Crippen LogP contribution in [0.1, 0.15) is 24.2 Å². The Bertz CT molecular complexity index is 696. The quantitative estimate of drug-likeness (QED) is 0.647. The normalized spacial score (nSPS) is 13.2. The first-order valence-electron chi connectivity index (χ1n) is 6.56. The summed E-state index contributed by atoms with van der Waals surface area (Å²) >= 11 is 18.1. The summed E-state index contributed by atoms with van der Waals surface area (Å²) in [4.78, 5) is 4.24. The number of halogens is 3. The van der Waals surface area contributed by atoms with Crippen molar-refractivity contribution in [2.45, 2.75) is 19.5 Å². The molecule has 22 heavy (non-hydrogen) atoms. The molecule has 0 saturated heterocycles. The van der Waals surface area contributed by atoms with Gasteiger partial charge in [-0.05, 0) is 24.6 Å². The standard InChI is InChI=1S/C14H16Cl3N5/c1-8(10-4-3-9(15)5-11(10)16)20-14(18)19-6-13-12(17)7-22(2)21-13/h3-5,7-8H,6H2,1-2H3,(H3,18,19,20). The number of aromatic nitrogens is 2. The third-order valence-corrected chi connectivity index (χ3v) is 3.93. The molecule has 0 radical (unpaired) electrons. The van der Waals surface area contributed by atoms with Crippen molar-refractivity contribution in [1.82, 2.24) is 15.1 Å². The Balaban J connectivity index is 2.02. The van der Waals surface area contributed by atoms with Crippen LogP contribution in [0.2, 0.25) is 15.1 Å². The molecule has 8 heteroatoms. The second-order valence-corrected chi connectivity index (χ2v) is 6.08. The second-order valence-electron chi connectivity index (χ2n) is 4.83. The minimum Gasteiger partial charge on any atom is -0.370 e. The summed E-state index contributed by atoms with van der Waals surface area (Å²) in [5.41, 5.74) is 7.45. The van der Waals surface area contributed by atoms with Crippen LogP contribution in [0.15, 0.2) is 29.4 Å². The molecule has 0 aliphatic carbocycles. The number of guanidine groups is 1. The highest BCUT2D eigenvalue weighted by Crippen LogP contribution is 2.25. The van der Waals surface area contributed by atoms with Gasteiger partial charge in [0.1, 0.15) is 5.69 Å². The van der Waals surface area contributed by atoms with Gasteiger partial charge in [-0.1, -0.05) is 40.9 Å². The number of hydrogen-bond donors (Lipinski definition) is 2. The zero-order chi connectivity index (χ0) is 16.3. The molecule has 1 atom stereocenters. The predicted octanol–water partition coefficient (Wildman–Crippen LogP) is 3.55. The maximum absolute atomic E-state index is 6.17. The van der Waals surface area contributed by atoms with E-state index in [-0.39, 0.29) is 6.04 Å². The number of benzene rings is 1. The zero-order valence-electron chi connectivity index (χ0n) is 12.1. The topological polar surface area (TPSA) is 68.2 Å². The number of hydrogen-bond acceptors (Lipinski definition) is 2. The predicted molar refractivity (Wildman–Crippen MR) is 91.6 cm³/mol. The highest BCUT2D eigenvalue weighted by molar-refractivity contribution is 6.35. The van der Waals surface area contributed by atoms with Crippen molar-refractivity contribution in [1.29, 1.82) is 0 Å². The van der Waals surface area contributed by atoms with Gasteiger partial charge in [-0.15, -0.1) is 0 Å². The van der Waals surface area contributed by atoms with Crippen LogP contribution in [0.3, 0.4) is 0 Å². The lowest BCUT2D eigenvalue weighted by atomic mass is 10.1. The Hall–Kier alpha value is -1.43. The second kappa shape index (κ2) is 7.22. The molecule has 0 fully saturated rings. The van der Waals surface area contributed by atoms with Gasteiger partial charge in [0.25, 0.3) is 0 Å². The molecule has 118 valence electrons. The SMILES string of the molecule is CC(NC(N)=NCc1nn(C)cc1Cl)c1ccc(Cl)cc1Cl. The first-order valence-corrected chi connectivity index (χ1v) is 7.69. The molecule has 3 N–H and O–H groups in total. The first kappa shape index (κ1) is 16.9. The van der Waals surface area contributed by atoms with Crippen LogP contribution in [0.4, 0.5) is 0 Å². The summed E-state index contributed by atoms with van der Waals surface area (Å²) in [7, 11) is 1.80. The van der Waals surface area contributed by atoms with Crippen molar-refractivity contribution in [2.75, 3.05) is 0 Å². The highest BCUT2D eigenvalue weighted by Gasteiger charge is 2.11. The Morgan fingerprint density at radius 2 is 2.09 bits per heavy atom. The van der Waals surface area contributed by atoms with E-state index in [1.165, 1.54) is 0 Å². The van der Waals surface area contributed by atoms with Gasteiger partial charge in [-0.25, -0.2) is 4.99 Å². The molecule has 0 amide bonds. The van der Waals surface area contributed by atoms with Gasteiger partial charge in [0.15, 0.2) is 5.96 Å². The van der Waals surface area contributed by atoms with Crippen LogP contribution < -0.4 is 11.1 Å². The van der Waals surface area contributed by atoms with Crippen LogP contribution in [0.25, 0.3) is 0 Å². The van der Waals surface area contributed by atoms with Gasteiger partial charge in [-0.3, -0.25) is 4.68 Å². The van der Waals surface area contributed by atoms with Gasteiger partial charge in [0, 0.05) is 23.3 Å². The fraction of sp³-hybridized carbons (Fsp3) is 0.286. The Morgan fingerprint density at radius 1 is 1.36 bits per heavy atom. The number of nitrogens with one attached hydrogen (secondary N) is 1. The lowest BCUT2D eigenvalue weighted by Gasteiger charge is -2.16. The molecule has 1 heterocycles. The van der Waals surface area contributed by atoms with E-state index < -0.39 is 0 Å². The average Bonchev–Trinajstić information content (AvgIpc) is 2.74. The molecule has 0 saturated carbocycles. The number of aliphatic imine (C=N–C) groups is 1. The van der Waals surface area contributed by atoms with Gasteiger partial charge < -0.3 is 11.1 Å². The van der Waals surface area contributed by atoms with E-state index in [0.29, 0.717) is 33.3 Å². The fourth-order valence-corrected chi connectivity index (χ4v) is 2.78. The number of aryl methyl sites for hydroxylation is 1. The fourth-order valence-electron chi connectivity index (χ4n) is 1.97. The number of nitrogens with zero attached hydrogens (tertiary/aromatic N) is 3. The number of rotatable bonds is 4. The maximum Gasteiger partial charge on any atom is 0.189 e. The van der Waals surface area contributed by atoms with Gasteiger partial charge in [-0.2, -0.15) is 5.10 Å². The van der Waals surface area contributed by atoms with Crippen LogP contribution in [-0.4, -0.2) is 15.7 Å². The maximum atomic E-state index is 6.17. The van der Waals surface area contributed by atoms with Crippen molar-refractivity contribution >= 4 is 40.8 Å². The number of nitrogens with two attached hydrogens (primary N) is 1. The van der Waals surface area contributed by atoms with Gasteiger partial charge >= 0.3 is 0 Å². The summed E-state index contributed by atoms with van der Waals surface area (Å²) in [5, 5.41) is 9.01. The first-order chi connectivity index (χ1) is 10.4. The van der Waals surface area contributed by atoms with Crippen LogP contribution in [0, 0.1) is 0 Å². The molecule has 0 bridgehead atoms. The molecule has 2 rings (SSSR count). The molecule has 1 unspecified atom stereocenters. The minimum atomic E-state index is -0.104. The van der Waals surface area contributed by atoms with E-state index in [0.717, 1.165) is 5.56 Å². The van der Waals surface area contributed by atoms with Crippen LogP contribution in [-0.2, 0) is 13.6 Å². The van der Waals surface area contributed by atoms with Crippen molar-refractivity contribution in [3.05, 3.63) is 50.7 Å². The Kier molecular flexibility index (Phi) is 5.56. The monoisotopic (exact) mass is 359 g/mol. The zero-order valence-corrected chi connectivity index (χ0v) is 14.4. The van der Waals surface area contributed by atoms with Gasteiger partial charge in [0.05, 0.1) is 17.6 Å². The molecule has 0 spiro atoms. The highest BCUT2D eigenvalue weighted by atomic mass is 35.5. The summed E-state index contributed by atoms with van der Waals surface area (Å²) in [6.45, 7) is 2.24. The Morgan fingerprint density at radius 3 is 2.68 bits per heavy atom. The molecule has 5 nitrogen and oxygen atoms in total. The van der Waals surface area contributed by atoms with Crippen LogP contribution >= 0.6 is 34.8 Å². The van der Waals surface area contributed by atoms with E-state index in [4.69, 9.17) is 40.5 Å². The van der Waals surface area contributed by atoms with Crippen molar-refractivity contribution in [3.8, 4) is 0 Å². The largest absolute Gasteiger partial charge is 0.370 e. The van der Waals surface area contributed by atoms with Crippen molar-refractivity contribution in [3.63, 3.8) is 0 Å². The van der Waals surface area contributed by atoms with Gasteiger partial charge in [0.2, 0.25) is 0 Å². The molecular weight excluding hydrogens is 345 g/mol. The summed E-state index contributed by atoms with van der Waals surface area (Å²) in [5.74, 6) is 0.292. The van der Waals surface area contributed by atoms with E-state index in [9.17, 15) is 0 Å². The van der Waals surface area contributed by atoms with E-state index in [2.05, 4.69) is 15.4 Å². The van der Waals surface area contributed by atoms with E-state index in [1.807, 2.05) is 13.0 Å². The summed E-state index contributed by atoms with van der Waals surface area (Å²) < 4.78 is 1.63. The Labute approximate surface area is 144 Å². The molecule has 0 aliphatic heterocycles. The summed E-state index contributed by atoms with van der Waals surface area (Å²) in [6.07, 6.45) is 1.71. The average molecular weight is 361 g/mol. The molecule has 2 aromatic rings. The molecule has 1 aromatic carbocycles. The summed E-state index contributed by atoms with van der Waals surface area (Å²) in [6, 6.07) is 5.22. The van der Waals surface area contributed by atoms with Crippen molar-refractivity contribution < 1.29 is 0 Å². The minimum absolute atomic E-state index is 0.104. The van der Waals surface area contributed by atoms with E-state index >= 15 is 0 Å². The third-order valence-electron chi connectivity index (χ3n) is 3.05. The molecular formula is C14H16Cl3N5. The van der Waals surface area contributed by atoms with E-state index in [1.54, 1.807) is 30.1 Å². The van der Waals surface area contributed by atoms with Crippen LogP contribution in [0.5, 0.6) is 0 Å². The molecule has 1 aromatic heterocycles.